The van der Waals surface area contributed by atoms with Crippen molar-refractivity contribution in [3.8, 4) is 0 Å². The number of aliphatic imine (C=N–C) groups is 1. The highest BCUT2D eigenvalue weighted by molar-refractivity contribution is 14.0. The molecule has 3 rings (SSSR count). The van der Waals surface area contributed by atoms with Crippen LogP contribution in [0, 0.1) is 0 Å². The summed E-state index contributed by atoms with van der Waals surface area (Å²) < 4.78 is 1.12. The number of amides is 1. The first-order chi connectivity index (χ1) is 13.6. The standard InChI is InChI=1S/C22H27BrN4O.HI/c1-3-25-20(28)17-9-7-16(8-10-17)14-26-21(24-2)27-15-22(11-12-22)18-5-4-6-19(23)13-18;/h4-10,13H,3,11-12,14-15H2,1-2H3,(H,25,28)(H2,24,26,27);1H. The van der Waals surface area contributed by atoms with Crippen molar-refractivity contribution in [3.63, 3.8) is 0 Å². The van der Waals surface area contributed by atoms with E-state index in [0.717, 1.165) is 22.5 Å². The van der Waals surface area contributed by atoms with Crippen LogP contribution in [0.2, 0.25) is 0 Å². The average molecular weight is 571 g/mol. The molecule has 0 bridgehead atoms. The lowest BCUT2D eigenvalue weighted by Gasteiger charge is -2.19. The Morgan fingerprint density at radius 3 is 2.41 bits per heavy atom. The smallest absolute Gasteiger partial charge is 0.251 e. The Labute approximate surface area is 198 Å². The summed E-state index contributed by atoms with van der Waals surface area (Å²) in [4.78, 5) is 16.2. The van der Waals surface area contributed by atoms with Gasteiger partial charge in [-0.15, -0.1) is 24.0 Å². The summed E-state index contributed by atoms with van der Waals surface area (Å²) in [5, 5.41) is 9.63. The van der Waals surface area contributed by atoms with Crippen LogP contribution in [0.4, 0.5) is 0 Å². The van der Waals surface area contributed by atoms with Crippen molar-refractivity contribution in [1.82, 2.24) is 16.0 Å². The van der Waals surface area contributed by atoms with E-state index in [-0.39, 0.29) is 35.3 Å². The Hall–Kier alpha value is -1.61. The van der Waals surface area contributed by atoms with Gasteiger partial charge in [0.25, 0.3) is 5.91 Å². The lowest BCUT2D eigenvalue weighted by atomic mass is 9.96. The van der Waals surface area contributed by atoms with Gasteiger partial charge in [-0.25, -0.2) is 0 Å². The van der Waals surface area contributed by atoms with E-state index in [9.17, 15) is 4.79 Å². The van der Waals surface area contributed by atoms with Gasteiger partial charge in [0.2, 0.25) is 0 Å². The summed E-state index contributed by atoms with van der Waals surface area (Å²) in [6.07, 6.45) is 2.38. The number of guanidine groups is 1. The number of carbonyl (C=O) groups is 1. The van der Waals surface area contributed by atoms with Crippen LogP contribution in [0.5, 0.6) is 0 Å². The van der Waals surface area contributed by atoms with Crippen LogP contribution in [0.3, 0.4) is 0 Å². The van der Waals surface area contributed by atoms with E-state index in [4.69, 9.17) is 0 Å². The van der Waals surface area contributed by atoms with Crippen LogP contribution in [0.15, 0.2) is 58.0 Å². The van der Waals surface area contributed by atoms with E-state index in [2.05, 4.69) is 61.1 Å². The van der Waals surface area contributed by atoms with E-state index >= 15 is 0 Å². The first kappa shape index (κ1) is 23.7. The average Bonchev–Trinajstić information content (AvgIpc) is 3.50. The number of carbonyl (C=O) groups excluding carboxylic acids is 1. The fraction of sp³-hybridized carbons (Fsp3) is 0.364. The fourth-order valence-corrected chi connectivity index (χ4v) is 3.63. The van der Waals surface area contributed by atoms with E-state index in [1.165, 1.54) is 18.4 Å². The zero-order chi connectivity index (χ0) is 20.0. The number of hydrogen-bond acceptors (Lipinski definition) is 2. The van der Waals surface area contributed by atoms with E-state index in [1.54, 1.807) is 7.05 Å². The molecule has 0 atom stereocenters. The van der Waals surface area contributed by atoms with E-state index < -0.39 is 0 Å². The van der Waals surface area contributed by atoms with Gasteiger partial charge < -0.3 is 16.0 Å². The Morgan fingerprint density at radius 1 is 1.10 bits per heavy atom. The maximum Gasteiger partial charge on any atom is 0.251 e. The third-order valence-corrected chi connectivity index (χ3v) is 5.62. The number of benzene rings is 2. The molecule has 5 nitrogen and oxygen atoms in total. The van der Waals surface area contributed by atoms with Gasteiger partial charge >= 0.3 is 0 Å². The van der Waals surface area contributed by atoms with Gasteiger partial charge in [0, 0.05) is 42.1 Å². The molecule has 0 aliphatic heterocycles. The first-order valence-corrected chi connectivity index (χ1v) is 10.4. The molecular formula is C22H28BrIN4O. The second-order valence-electron chi connectivity index (χ2n) is 7.13. The molecule has 1 aliphatic carbocycles. The van der Waals surface area contributed by atoms with Gasteiger partial charge in [-0.3, -0.25) is 9.79 Å². The highest BCUT2D eigenvalue weighted by atomic mass is 127. The van der Waals surface area contributed by atoms with Gasteiger partial charge in [0.15, 0.2) is 5.96 Å². The second kappa shape index (κ2) is 11.0. The van der Waals surface area contributed by atoms with Crippen LogP contribution < -0.4 is 16.0 Å². The van der Waals surface area contributed by atoms with Crippen LogP contribution in [-0.4, -0.2) is 32.0 Å². The Bertz CT molecular complexity index is 850. The molecule has 1 fully saturated rings. The quantitative estimate of drug-likeness (QED) is 0.265. The molecule has 1 amide bonds. The summed E-state index contributed by atoms with van der Waals surface area (Å²) in [5.74, 6) is 0.746. The van der Waals surface area contributed by atoms with E-state index in [1.807, 2.05) is 31.2 Å². The Morgan fingerprint density at radius 2 is 1.83 bits per heavy atom. The molecule has 156 valence electrons. The van der Waals surface area contributed by atoms with E-state index in [0.29, 0.717) is 18.7 Å². The summed E-state index contributed by atoms with van der Waals surface area (Å²) in [6, 6.07) is 16.2. The molecule has 7 heteroatoms. The fourth-order valence-electron chi connectivity index (χ4n) is 3.23. The monoisotopic (exact) mass is 570 g/mol. The van der Waals surface area contributed by atoms with Gasteiger partial charge in [-0.2, -0.15) is 0 Å². The Kier molecular flexibility index (Phi) is 8.95. The number of hydrogen-bond donors (Lipinski definition) is 3. The topological polar surface area (TPSA) is 65.5 Å². The van der Waals surface area contributed by atoms with Crippen molar-refractivity contribution in [1.29, 1.82) is 0 Å². The molecule has 0 radical (unpaired) electrons. The molecule has 0 saturated heterocycles. The van der Waals surface area contributed by atoms with Crippen LogP contribution in [0.25, 0.3) is 0 Å². The van der Waals surface area contributed by atoms with Crippen LogP contribution in [0.1, 0.15) is 41.3 Å². The largest absolute Gasteiger partial charge is 0.356 e. The van der Waals surface area contributed by atoms with Crippen molar-refractivity contribution in [2.75, 3.05) is 20.1 Å². The maximum atomic E-state index is 11.8. The third-order valence-electron chi connectivity index (χ3n) is 5.12. The normalized spacial score (nSPS) is 14.5. The lowest BCUT2D eigenvalue weighted by molar-refractivity contribution is 0.0956. The van der Waals surface area contributed by atoms with Gasteiger partial charge in [0.05, 0.1) is 0 Å². The molecule has 1 saturated carbocycles. The van der Waals surface area contributed by atoms with Crippen molar-refractivity contribution in [3.05, 3.63) is 69.7 Å². The predicted molar refractivity (Wildman–Crippen MR) is 133 cm³/mol. The zero-order valence-electron chi connectivity index (χ0n) is 16.8. The third kappa shape index (κ3) is 6.44. The molecule has 0 heterocycles. The minimum absolute atomic E-state index is 0. The molecular weight excluding hydrogens is 543 g/mol. The van der Waals surface area contributed by atoms with Crippen molar-refractivity contribution in [2.24, 2.45) is 4.99 Å². The molecule has 1 aliphatic rings. The number of nitrogens with one attached hydrogen (secondary N) is 3. The predicted octanol–water partition coefficient (Wildman–Crippen LogP) is 4.21. The maximum absolute atomic E-state index is 11.8. The molecule has 2 aromatic carbocycles. The second-order valence-corrected chi connectivity index (χ2v) is 8.04. The molecule has 2 aromatic rings. The first-order valence-electron chi connectivity index (χ1n) is 9.64. The highest BCUT2D eigenvalue weighted by Gasteiger charge is 2.44. The van der Waals surface area contributed by atoms with Gasteiger partial charge in [-0.05, 0) is 55.2 Å². The number of rotatable bonds is 7. The summed E-state index contributed by atoms with van der Waals surface area (Å²) >= 11 is 3.57. The summed E-state index contributed by atoms with van der Waals surface area (Å²) in [6.45, 7) is 4.06. The summed E-state index contributed by atoms with van der Waals surface area (Å²) in [5.41, 5.74) is 3.35. The summed E-state index contributed by atoms with van der Waals surface area (Å²) in [7, 11) is 1.78. The molecule has 0 aromatic heterocycles. The molecule has 0 unspecified atom stereocenters. The minimum atomic E-state index is -0.0400. The molecule has 0 spiro atoms. The molecule has 3 N–H and O–H groups in total. The Balaban J connectivity index is 0.00000300. The van der Waals surface area contributed by atoms with Crippen LogP contribution >= 0.6 is 39.9 Å². The SMILES string of the molecule is CCNC(=O)c1ccc(CNC(=NC)NCC2(c3cccc(Br)c3)CC2)cc1.I. The molecule has 29 heavy (non-hydrogen) atoms. The number of nitrogens with zero attached hydrogens (tertiary/aromatic N) is 1. The zero-order valence-corrected chi connectivity index (χ0v) is 20.7. The highest BCUT2D eigenvalue weighted by Crippen LogP contribution is 2.48. The van der Waals surface area contributed by atoms with Gasteiger partial charge in [0.1, 0.15) is 0 Å². The lowest BCUT2D eigenvalue weighted by Crippen LogP contribution is -2.40. The van der Waals surface area contributed by atoms with Crippen molar-refractivity contribution in [2.45, 2.75) is 31.7 Å². The van der Waals surface area contributed by atoms with Crippen molar-refractivity contribution < 1.29 is 4.79 Å². The number of halogens is 2. The minimum Gasteiger partial charge on any atom is -0.356 e. The van der Waals surface area contributed by atoms with Crippen molar-refractivity contribution >= 4 is 51.8 Å². The van der Waals surface area contributed by atoms with Crippen LogP contribution in [-0.2, 0) is 12.0 Å². The van der Waals surface area contributed by atoms with Gasteiger partial charge in [-0.1, -0.05) is 40.2 Å².